The molecule has 1 unspecified atom stereocenters. The summed E-state index contributed by atoms with van der Waals surface area (Å²) in [6.07, 6.45) is 3.58. The van der Waals surface area contributed by atoms with E-state index in [-0.39, 0.29) is 11.9 Å². The van der Waals surface area contributed by atoms with Crippen molar-refractivity contribution < 1.29 is 4.79 Å². The predicted octanol–water partition coefficient (Wildman–Crippen LogP) is 2.69. The van der Waals surface area contributed by atoms with Crippen molar-refractivity contribution >= 4 is 21.8 Å². The smallest absolute Gasteiger partial charge is 0.255 e. The maximum atomic E-state index is 12.6. The Kier molecular flexibility index (Phi) is 4.05. The highest BCUT2D eigenvalue weighted by Gasteiger charge is 2.29. The number of likely N-dealkylation sites (tertiary alicyclic amines) is 1. The zero-order valence-corrected chi connectivity index (χ0v) is 13.5. The lowest BCUT2D eigenvalue weighted by molar-refractivity contribution is 0.0786. The number of halogens is 1. The molecule has 1 fully saturated rings. The summed E-state index contributed by atoms with van der Waals surface area (Å²) in [5.74, 6) is 1.06. The lowest BCUT2D eigenvalue weighted by atomic mass is 10.2. The Morgan fingerprint density at radius 3 is 3.00 bits per heavy atom. The predicted molar refractivity (Wildman–Crippen MR) is 83.1 cm³/mol. The Balaban J connectivity index is 1.76. The number of benzene rings is 1. The fraction of sp³-hybridized carbons (Fsp3) is 0.400. The minimum Gasteiger partial charge on any atom is -0.336 e. The van der Waals surface area contributed by atoms with Crippen LogP contribution in [0.25, 0.3) is 0 Å². The van der Waals surface area contributed by atoms with Gasteiger partial charge in [-0.1, -0.05) is 19.1 Å². The first-order chi connectivity index (χ1) is 10.2. The number of rotatable bonds is 3. The number of nitrogens with zero attached hydrogens (tertiary/aromatic N) is 4. The van der Waals surface area contributed by atoms with Crippen LogP contribution in [0.15, 0.2) is 35.1 Å². The van der Waals surface area contributed by atoms with Crippen molar-refractivity contribution in [2.45, 2.75) is 25.8 Å². The number of carbonyl (C=O) groups excluding carboxylic acids is 1. The summed E-state index contributed by atoms with van der Waals surface area (Å²) in [6.45, 7) is 3.55. The summed E-state index contributed by atoms with van der Waals surface area (Å²) in [4.78, 5) is 14.5. The van der Waals surface area contributed by atoms with Gasteiger partial charge in [-0.15, -0.1) is 10.2 Å². The molecular formula is C15H17BrN4O. The SMILES string of the molecule is CCc1nncn1C1CCN(C(=O)c2ccccc2Br)C1. The number of aryl methyl sites for hydroxylation is 1. The summed E-state index contributed by atoms with van der Waals surface area (Å²) >= 11 is 3.45. The average Bonchev–Trinajstić information content (AvgIpc) is 3.15. The van der Waals surface area contributed by atoms with Crippen molar-refractivity contribution in [3.63, 3.8) is 0 Å². The Bertz CT molecular complexity index is 655. The number of carbonyl (C=O) groups is 1. The van der Waals surface area contributed by atoms with Crippen molar-refractivity contribution in [2.24, 2.45) is 0 Å². The third kappa shape index (κ3) is 2.72. The summed E-state index contributed by atoms with van der Waals surface area (Å²) in [5.41, 5.74) is 0.720. The lowest BCUT2D eigenvalue weighted by Gasteiger charge is -2.18. The molecule has 0 aliphatic carbocycles. The maximum Gasteiger partial charge on any atom is 0.255 e. The van der Waals surface area contributed by atoms with Crippen LogP contribution in [-0.4, -0.2) is 38.7 Å². The minimum absolute atomic E-state index is 0.0797. The van der Waals surface area contributed by atoms with Crippen molar-refractivity contribution in [1.29, 1.82) is 0 Å². The summed E-state index contributed by atoms with van der Waals surface area (Å²) < 4.78 is 2.95. The Morgan fingerprint density at radius 1 is 1.43 bits per heavy atom. The summed E-state index contributed by atoms with van der Waals surface area (Å²) in [5, 5.41) is 8.11. The first-order valence-corrected chi connectivity index (χ1v) is 7.92. The van der Waals surface area contributed by atoms with Crippen LogP contribution in [0.5, 0.6) is 0 Å². The molecule has 5 nitrogen and oxygen atoms in total. The van der Waals surface area contributed by atoms with Gasteiger partial charge in [0, 0.05) is 24.0 Å². The quantitative estimate of drug-likeness (QED) is 0.856. The Morgan fingerprint density at radius 2 is 2.24 bits per heavy atom. The van der Waals surface area contributed by atoms with E-state index in [2.05, 4.69) is 37.6 Å². The zero-order valence-electron chi connectivity index (χ0n) is 11.9. The van der Waals surface area contributed by atoms with Crippen LogP contribution in [0.4, 0.5) is 0 Å². The van der Waals surface area contributed by atoms with Gasteiger partial charge in [-0.05, 0) is 34.5 Å². The van der Waals surface area contributed by atoms with E-state index in [4.69, 9.17) is 0 Å². The van der Waals surface area contributed by atoms with Crippen LogP contribution in [-0.2, 0) is 6.42 Å². The number of aromatic nitrogens is 3. The molecule has 110 valence electrons. The molecule has 1 saturated heterocycles. The van der Waals surface area contributed by atoms with Crippen molar-refractivity contribution in [3.8, 4) is 0 Å². The number of hydrogen-bond donors (Lipinski definition) is 0. The van der Waals surface area contributed by atoms with Gasteiger partial charge in [0.25, 0.3) is 5.91 Å². The van der Waals surface area contributed by atoms with Crippen LogP contribution in [0.1, 0.15) is 35.6 Å². The molecule has 21 heavy (non-hydrogen) atoms. The average molecular weight is 349 g/mol. The Hall–Kier alpha value is -1.69. The van der Waals surface area contributed by atoms with Crippen LogP contribution in [0, 0.1) is 0 Å². The second-order valence-corrected chi connectivity index (χ2v) is 6.04. The van der Waals surface area contributed by atoms with Gasteiger partial charge in [0.05, 0.1) is 11.6 Å². The third-order valence-corrected chi connectivity index (χ3v) is 4.60. The van der Waals surface area contributed by atoms with Gasteiger partial charge in [0.1, 0.15) is 12.2 Å². The van der Waals surface area contributed by atoms with Gasteiger partial charge in [-0.2, -0.15) is 0 Å². The summed E-state index contributed by atoms with van der Waals surface area (Å²) in [7, 11) is 0. The second-order valence-electron chi connectivity index (χ2n) is 5.18. The molecule has 0 spiro atoms. The first-order valence-electron chi connectivity index (χ1n) is 7.13. The van der Waals surface area contributed by atoms with Crippen LogP contribution < -0.4 is 0 Å². The monoisotopic (exact) mass is 348 g/mol. The van der Waals surface area contributed by atoms with E-state index in [0.29, 0.717) is 6.54 Å². The molecule has 1 aliphatic heterocycles. The fourth-order valence-electron chi connectivity index (χ4n) is 2.78. The van der Waals surface area contributed by atoms with Gasteiger partial charge in [-0.3, -0.25) is 4.79 Å². The van der Waals surface area contributed by atoms with Crippen LogP contribution in [0.3, 0.4) is 0 Å². The van der Waals surface area contributed by atoms with Gasteiger partial charge < -0.3 is 9.47 Å². The van der Waals surface area contributed by atoms with E-state index in [1.54, 1.807) is 6.33 Å². The third-order valence-electron chi connectivity index (χ3n) is 3.91. The molecule has 0 N–H and O–H groups in total. The molecule has 2 aromatic rings. The molecule has 1 aliphatic rings. The van der Waals surface area contributed by atoms with E-state index < -0.39 is 0 Å². The highest BCUT2D eigenvalue weighted by molar-refractivity contribution is 9.10. The fourth-order valence-corrected chi connectivity index (χ4v) is 3.24. The van der Waals surface area contributed by atoms with Crippen molar-refractivity contribution in [3.05, 3.63) is 46.5 Å². The van der Waals surface area contributed by atoms with Gasteiger partial charge in [-0.25, -0.2) is 0 Å². The molecular weight excluding hydrogens is 332 g/mol. The van der Waals surface area contributed by atoms with E-state index >= 15 is 0 Å². The molecule has 1 amide bonds. The highest BCUT2D eigenvalue weighted by atomic mass is 79.9. The molecule has 1 aromatic carbocycles. The minimum atomic E-state index is 0.0797. The number of hydrogen-bond acceptors (Lipinski definition) is 3. The molecule has 0 saturated carbocycles. The highest BCUT2D eigenvalue weighted by Crippen LogP contribution is 2.26. The standard InChI is InChI=1S/C15H17BrN4O/c1-2-14-18-17-10-20(14)11-7-8-19(9-11)15(21)12-5-3-4-6-13(12)16/h3-6,10-11H,2,7-9H2,1H3. The van der Waals surface area contributed by atoms with Gasteiger partial charge in [0.2, 0.25) is 0 Å². The van der Waals surface area contributed by atoms with Crippen molar-refractivity contribution in [1.82, 2.24) is 19.7 Å². The molecule has 2 heterocycles. The van der Waals surface area contributed by atoms with E-state index in [1.165, 1.54) is 0 Å². The van der Waals surface area contributed by atoms with E-state index in [9.17, 15) is 4.79 Å². The first kappa shape index (κ1) is 14.3. The molecule has 3 rings (SSSR count). The largest absolute Gasteiger partial charge is 0.336 e. The van der Waals surface area contributed by atoms with Gasteiger partial charge in [0.15, 0.2) is 0 Å². The Labute approximate surface area is 132 Å². The molecule has 0 bridgehead atoms. The van der Waals surface area contributed by atoms with Crippen LogP contribution in [0.2, 0.25) is 0 Å². The topological polar surface area (TPSA) is 51.0 Å². The van der Waals surface area contributed by atoms with Crippen molar-refractivity contribution in [2.75, 3.05) is 13.1 Å². The summed E-state index contributed by atoms with van der Waals surface area (Å²) in [6, 6.07) is 7.84. The maximum absolute atomic E-state index is 12.6. The molecule has 1 atom stereocenters. The van der Waals surface area contributed by atoms with E-state index in [1.807, 2.05) is 29.2 Å². The molecule has 0 radical (unpaired) electrons. The molecule has 1 aromatic heterocycles. The lowest BCUT2D eigenvalue weighted by Crippen LogP contribution is -2.29. The molecule has 6 heteroatoms. The number of amides is 1. The normalized spacial score (nSPS) is 18.2. The van der Waals surface area contributed by atoms with Crippen LogP contribution >= 0.6 is 15.9 Å². The van der Waals surface area contributed by atoms with E-state index in [0.717, 1.165) is 35.2 Å². The second kappa shape index (κ2) is 5.97. The van der Waals surface area contributed by atoms with Gasteiger partial charge >= 0.3 is 0 Å². The zero-order chi connectivity index (χ0) is 14.8.